The maximum Gasteiger partial charge on any atom is 0.329 e. The zero-order valence-corrected chi connectivity index (χ0v) is 24.7. The smallest absolute Gasteiger partial charge is 0.329 e. The second-order valence-corrected chi connectivity index (χ2v) is 12.8. The number of piperidine rings is 1. The van der Waals surface area contributed by atoms with Crippen LogP contribution in [0.5, 0.6) is 0 Å². The standard InChI is InChI=1S/C29H35N5O8S/c1-20-8-10-32(11-9-20)28(35)19-42-29(36)26(16-21-18-30-24-5-3-2-4-23(21)24)31-25-7-6-22(17-27(25)34(37)38)43(39,40)33-12-14-41-15-13-33/h2-7,17-18,20,26,30-31H,8-16,19H2,1H3. The Hall–Kier alpha value is -4.01. The topological polar surface area (TPSA) is 164 Å². The van der Waals surface area contributed by atoms with Crippen molar-refractivity contribution in [2.75, 3.05) is 51.3 Å². The summed E-state index contributed by atoms with van der Waals surface area (Å²) in [6, 6.07) is 9.92. The highest BCUT2D eigenvalue weighted by atomic mass is 32.2. The van der Waals surface area contributed by atoms with Gasteiger partial charge in [0.2, 0.25) is 10.0 Å². The summed E-state index contributed by atoms with van der Waals surface area (Å²) < 4.78 is 38.2. The van der Waals surface area contributed by atoms with Crippen LogP contribution in [0.3, 0.4) is 0 Å². The van der Waals surface area contributed by atoms with Gasteiger partial charge in [-0.3, -0.25) is 14.9 Å². The number of nitrogens with zero attached hydrogens (tertiary/aromatic N) is 3. The van der Waals surface area contributed by atoms with Gasteiger partial charge in [0.1, 0.15) is 11.7 Å². The number of carbonyl (C=O) groups excluding carboxylic acids is 2. The number of sulfonamides is 1. The lowest BCUT2D eigenvalue weighted by molar-refractivity contribution is -0.384. The van der Waals surface area contributed by atoms with E-state index in [9.17, 15) is 28.1 Å². The van der Waals surface area contributed by atoms with Gasteiger partial charge in [0.25, 0.3) is 11.6 Å². The Labute approximate surface area is 249 Å². The minimum atomic E-state index is -3.99. The maximum absolute atomic E-state index is 13.4. The molecule has 1 atom stereocenters. The van der Waals surface area contributed by atoms with Crippen LogP contribution in [-0.2, 0) is 35.5 Å². The van der Waals surface area contributed by atoms with Crippen LogP contribution in [0.2, 0.25) is 0 Å². The summed E-state index contributed by atoms with van der Waals surface area (Å²) in [5, 5.41) is 15.9. The Morgan fingerprint density at radius 1 is 1.14 bits per heavy atom. The van der Waals surface area contributed by atoms with Crippen LogP contribution in [0.4, 0.5) is 11.4 Å². The first-order chi connectivity index (χ1) is 20.6. The molecule has 230 valence electrons. The summed E-state index contributed by atoms with van der Waals surface area (Å²) in [6.45, 7) is 3.63. The first-order valence-electron chi connectivity index (χ1n) is 14.3. The van der Waals surface area contributed by atoms with E-state index in [1.54, 1.807) is 11.1 Å². The fourth-order valence-corrected chi connectivity index (χ4v) is 6.79. The van der Waals surface area contributed by atoms with Crippen molar-refractivity contribution in [1.29, 1.82) is 0 Å². The second kappa shape index (κ2) is 13.1. The first kappa shape index (κ1) is 30.4. The van der Waals surface area contributed by atoms with Crippen LogP contribution in [0.25, 0.3) is 10.9 Å². The quantitative estimate of drug-likeness (QED) is 0.199. The molecule has 2 aromatic carbocycles. The van der Waals surface area contributed by atoms with Gasteiger partial charge in [0, 0.05) is 55.8 Å². The number of para-hydroxylation sites is 1. The second-order valence-electron chi connectivity index (χ2n) is 10.9. The van der Waals surface area contributed by atoms with Crippen LogP contribution in [0.1, 0.15) is 25.3 Å². The number of benzene rings is 2. The van der Waals surface area contributed by atoms with Crippen molar-refractivity contribution in [3.63, 3.8) is 0 Å². The number of anilines is 1. The summed E-state index contributed by atoms with van der Waals surface area (Å²) in [5.74, 6) is -0.527. The Morgan fingerprint density at radius 3 is 2.58 bits per heavy atom. The number of hydrogen-bond acceptors (Lipinski definition) is 9. The molecular weight excluding hydrogens is 578 g/mol. The number of nitro groups is 1. The zero-order valence-electron chi connectivity index (χ0n) is 23.9. The molecule has 2 aliphatic heterocycles. The predicted molar refractivity (Wildman–Crippen MR) is 158 cm³/mol. The lowest BCUT2D eigenvalue weighted by atomic mass is 9.99. The van der Waals surface area contributed by atoms with Gasteiger partial charge in [-0.05, 0) is 42.5 Å². The third-order valence-electron chi connectivity index (χ3n) is 7.96. The van der Waals surface area contributed by atoms with E-state index in [-0.39, 0.29) is 49.2 Å². The number of likely N-dealkylation sites (tertiary alicyclic amines) is 1. The fourth-order valence-electron chi connectivity index (χ4n) is 5.37. The molecule has 2 saturated heterocycles. The van der Waals surface area contributed by atoms with Crippen molar-refractivity contribution in [2.45, 2.75) is 37.1 Å². The molecule has 0 aliphatic carbocycles. The summed E-state index contributed by atoms with van der Waals surface area (Å²) in [4.78, 5) is 42.2. The highest BCUT2D eigenvalue weighted by Gasteiger charge is 2.31. The molecule has 3 aromatic rings. The number of aromatic nitrogens is 1. The lowest BCUT2D eigenvalue weighted by Gasteiger charge is -2.30. The summed E-state index contributed by atoms with van der Waals surface area (Å²) in [5.41, 5.74) is 1.05. The third kappa shape index (κ3) is 6.98. The van der Waals surface area contributed by atoms with E-state index < -0.39 is 39.3 Å². The number of nitrogens with one attached hydrogen (secondary N) is 2. The number of H-pyrrole nitrogens is 1. The number of amides is 1. The van der Waals surface area contributed by atoms with Gasteiger partial charge in [-0.15, -0.1) is 0 Å². The molecule has 0 radical (unpaired) electrons. The first-order valence-corrected chi connectivity index (χ1v) is 15.7. The van der Waals surface area contributed by atoms with E-state index in [1.165, 1.54) is 16.4 Å². The van der Waals surface area contributed by atoms with Gasteiger partial charge < -0.3 is 24.7 Å². The van der Waals surface area contributed by atoms with Crippen LogP contribution in [0, 0.1) is 16.0 Å². The minimum absolute atomic E-state index is 0.0518. The molecule has 1 aromatic heterocycles. The maximum atomic E-state index is 13.4. The van der Waals surface area contributed by atoms with E-state index in [4.69, 9.17) is 9.47 Å². The van der Waals surface area contributed by atoms with Gasteiger partial charge >= 0.3 is 5.97 Å². The number of hydrogen-bond donors (Lipinski definition) is 2. The molecule has 0 spiro atoms. The van der Waals surface area contributed by atoms with Crippen molar-refractivity contribution in [3.05, 3.63) is 64.3 Å². The molecule has 1 amide bonds. The molecule has 0 bridgehead atoms. The van der Waals surface area contributed by atoms with Crippen molar-refractivity contribution in [3.8, 4) is 0 Å². The predicted octanol–water partition coefficient (Wildman–Crippen LogP) is 2.92. The molecule has 5 rings (SSSR count). The van der Waals surface area contributed by atoms with Crippen LogP contribution in [-0.4, -0.2) is 91.4 Å². The van der Waals surface area contributed by atoms with Gasteiger partial charge in [-0.2, -0.15) is 4.31 Å². The van der Waals surface area contributed by atoms with Gasteiger partial charge in [0.15, 0.2) is 6.61 Å². The number of carbonyl (C=O) groups is 2. The number of fused-ring (bicyclic) bond motifs is 1. The van der Waals surface area contributed by atoms with Crippen LogP contribution in [0.15, 0.2) is 53.6 Å². The molecule has 13 nitrogen and oxygen atoms in total. The van der Waals surface area contributed by atoms with Gasteiger partial charge in [-0.25, -0.2) is 13.2 Å². The van der Waals surface area contributed by atoms with Crippen LogP contribution < -0.4 is 5.32 Å². The average Bonchev–Trinajstić information content (AvgIpc) is 3.42. The molecule has 0 saturated carbocycles. The Bertz CT molecular complexity index is 1590. The molecule has 2 fully saturated rings. The third-order valence-corrected chi connectivity index (χ3v) is 9.86. The van der Waals surface area contributed by atoms with E-state index in [2.05, 4.69) is 17.2 Å². The van der Waals surface area contributed by atoms with Gasteiger partial charge in [0.05, 0.1) is 23.0 Å². The highest BCUT2D eigenvalue weighted by molar-refractivity contribution is 7.89. The van der Waals surface area contributed by atoms with E-state index >= 15 is 0 Å². The Kier molecular flexibility index (Phi) is 9.28. The summed E-state index contributed by atoms with van der Waals surface area (Å²) in [6.07, 6.45) is 3.60. The highest BCUT2D eigenvalue weighted by Crippen LogP contribution is 2.31. The molecule has 2 aliphatic rings. The molecule has 14 heteroatoms. The van der Waals surface area contributed by atoms with E-state index in [1.807, 2.05) is 24.3 Å². The van der Waals surface area contributed by atoms with Crippen LogP contribution >= 0.6 is 0 Å². The van der Waals surface area contributed by atoms with Gasteiger partial charge in [-0.1, -0.05) is 25.1 Å². The molecule has 43 heavy (non-hydrogen) atoms. The zero-order chi connectivity index (χ0) is 30.6. The normalized spacial score (nSPS) is 17.5. The van der Waals surface area contributed by atoms with Crippen molar-refractivity contribution in [1.82, 2.24) is 14.2 Å². The Morgan fingerprint density at radius 2 is 1.86 bits per heavy atom. The van der Waals surface area contributed by atoms with Crippen molar-refractivity contribution in [2.24, 2.45) is 5.92 Å². The number of rotatable bonds is 10. The molecule has 1 unspecified atom stereocenters. The van der Waals surface area contributed by atoms with E-state index in [0.717, 1.165) is 35.4 Å². The lowest BCUT2D eigenvalue weighted by Crippen LogP contribution is -2.42. The Balaban J connectivity index is 1.39. The minimum Gasteiger partial charge on any atom is -0.454 e. The monoisotopic (exact) mass is 613 g/mol. The molecule has 2 N–H and O–H groups in total. The fraction of sp³-hybridized carbons (Fsp3) is 0.448. The average molecular weight is 614 g/mol. The number of nitro benzene ring substituents is 1. The number of aromatic amines is 1. The summed E-state index contributed by atoms with van der Waals surface area (Å²) >= 11 is 0. The number of ether oxygens (including phenoxy) is 2. The van der Waals surface area contributed by atoms with Crippen molar-refractivity contribution >= 4 is 44.2 Å². The largest absolute Gasteiger partial charge is 0.454 e. The SMILES string of the molecule is CC1CCN(C(=O)COC(=O)C(Cc2c[nH]c3ccccc23)Nc2ccc(S(=O)(=O)N3CCOCC3)cc2[N+](=O)[O-])CC1. The number of morpholine rings is 1. The number of esters is 1. The summed E-state index contributed by atoms with van der Waals surface area (Å²) in [7, 11) is -3.99. The van der Waals surface area contributed by atoms with E-state index in [0.29, 0.717) is 19.0 Å². The molecular formula is C29H35N5O8S. The van der Waals surface area contributed by atoms with Crippen molar-refractivity contribution < 1.29 is 32.4 Å². The molecule has 3 heterocycles.